The summed E-state index contributed by atoms with van der Waals surface area (Å²) in [7, 11) is 3.98. The Kier molecular flexibility index (Phi) is 56.1. The Morgan fingerprint density at radius 3 is 1.23 bits per heavy atom. The molecule has 0 unspecified atom stereocenters. The predicted octanol–water partition coefficient (Wildman–Crippen LogP) is 21.7. The monoisotopic (exact) mass is 2240 g/mol. The van der Waals surface area contributed by atoms with Crippen molar-refractivity contribution in [3.05, 3.63) is 131 Å². The van der Waals surface area contributed by atoms with Crippen molar-refractivity contribution >= 4 is 105 Å². The normalized spacial score (nSPS) is 17.4. The molecule has 0 bridgehead atoms. The maximum atomic E-state index is 13.1. The van der Waals surface area contributed by atoms with Crippen molar-refractivity contribution < 1.29 is 125 Å². The molecule has 0 aliphatic carbocycles. The van der Waals surface area contributed by atoms with Crippen molar-refractivity contribution in [1.82, 2.24) is 44.0 Å². The van der Waals surface area contributed by atoms with Crippen molar-refractivity contribution in [2.45, 2.75) is 317 Å². The minimum Gasteiger partial charge on any atom is -0.444 e. The number of nitrogens with one attached hydrogen (secondary N) is 1. The van der Waals surface area contributed by atoms with Crippen molar-refractivity contribution in [1.29, 1.82) is 0.594 Å². The van der Waals surface area contributed by atoms with Gasteiger partial charge in [0.25, 0.3) is 11.4 Å². The van der Waals surface area contributed by atoms with Gasteiger partial charge in [0.15, 0.2) is 5.65 Å². The van der Waals surface area contributed by atoms with Crippen LogP contribution in [0.1, 0.15) is 267 Å². The first-order valence-electron chi connectivity index (χ1n) is 51.0. The van der Waals surface area contributed by atoms with E-state index in [4.69, 9.17) is 45.3 Å². The quantitative estimate of drug-likeness (QED) is 0.00903. The number of likely N-dealkylation sites (tertiary alicyclic amines) is 5. The Morgan fingerprint density at radius 2 is 0.892 bits per heavy atom. The van der Waals surface area contributed by atoms with Gasteiger partial charge in [0, 0.05) is 155 Å². The number of ether oxygens (including phenoxy) is 7. The van der Waals surface area contributed by atoms with Crippen molar-refractivity contribution in [2.75, 3.05) is 149 Å². The fourth-order valence-electron chi connectivity index (χ4n) is 17.3. The summed E-state index contributed by atoms with van der Waals surface area (Å²) in [5.41, 5.74) is 9.76. The molecule has 0 spiro atoms. The molecule has 43 heteroatoms. The topological polar surface area (TPSA) is 303 Å². The number of aliphatic hydroxyl groups excluding tert-OH is 2. The molecule has 3 radical (unpaired) electrons. The van der Waals surface area contributed by atoms with Gasteiger partial charge in [-0.25, -0.2) is 30.3 Å². The average Bonchev–Trinajstić information content (AvgIpc) is 1.63. The van der Waals surface area contributed by atoms with Gasteiger partial charge in [-0.3, -0.25) is 4.79 Å². The van der Waals surface area contributed by atoms with E-state index in [2.05, 4.69) is 43.5 Å². The zero-order chi connectivity index (χ0) is 111. The number of halogens is 13. The van der Waals surface area contributed by atoms with E-state index in [0.29, 0.717) is 180 Å². The third kappa shape index (κ3) is 51.5. The smallest absolute Gasteiger partial charge is 0.410 e. The summed E-state index contributed by atoms with van der Waals surface area (Å²) in [4.78, 5) is 94.3. The van der Waals surface area contributed by atoms with E-state index in [-0.39, 0.29) is 85.5 Å². The molecule has 5 aromatic rings. The van der Waals surface area contributed by atoms with Gasteiger partial charge in [0.1, 0.15) is 52.7 Å². The summed E-state index contributed by atoms with van der Waals surface area (Å²) in [6.45, 7) is 44.7. The van der Waals surface area contributed by atoms with Crippen molar-refractivity contribution in [3.63, 3.8) is 0 Å². The van der Waals surface area contributed by atoms with E-state index in [1.165, 1.54) is 0 Å². The van der Waals surface area contributed by atoms with Gasteiger partial charge in [0.05, 0.1) is 37.5 Å². The van der Waals surface area contributed by atoms with E-state index < -0.39 is 123 Å². The van der Waals surface area contributed by atoms with E-state index in [1.807, 2.05) is 198 Å². The van der Waals surface area contributed by atoms with Crippen LogP contribution in [0.5, 0.6) is 0 Å². The number of anilines is 3. The minimum absolute atomic E-state index is 0. The second-order valence-corrected chi connectivity index (χ2v) is 42.6. The molecule has 2 aromatic heterocycles. The molecular formula is C105H165AlBF12IN13O15. The number of nitrogens with zero attached hydrogens (tertiary/aromatic N) is 11. The molecule has 6 aliphatic rings. The average molecular weight is 2240 g/mol. The fraction of sp³-hybridized carbons (Fsp3) is 0.705. The number of carbonyl (C=O) groups is 6. The number of hydrogen-bond acceptors (Lipinski definition) is 21. The molecule has 6 aliphatic heterocycles. The molecule has 837 valence electrons. The maximum absolute atomic E-state index is 13.1. The van der Waals surface area contributed by atoms with Crippen molar-refractivity contribution in [2.24, 2.45) is 27.4 Å². The number of alkyl halides is 12. The van der Waals surface area contributed by atoms with Crippen LogP contribution in [0.4, 0.5) is 89.2 Å². The fourth-order valence-corrected chi connectivity index (χ4v) is 17.3. The molecule has 3 aromatic carbocycles. The third-order valence-corrected chi connectivity index (χ3v) is 26.2. The zero-order valence-electron chi connectivity index (χ0n) is 91.1. The van der Waals surface area contributed by atoms with Crippen LogP contribution in [0.15, 0.2) is 103 Å². The number of aromatic nitrogens is 3. The van der Waals surface area contributed by atoms with E-state index in [9.17, 15) is 91.7 Å². The van der Waals surface area contributed by atoms with Gasteiger partial charge < -0.3 is 98.4 Å². The number of carbonyl (C=O) groups excluding carboxylic acids is 6. The van der Waals surface area contributed by atoms with Crippen LogP contribution in [0, 0.1) is 28.2 Å². The zero-order valence-corrected chi connectivity index (χ0v) is 94.4. The van der Waals surface area contributed by atoms with Gasteiger partial charge in [-0.1, -0.05) is 74.0 Å². The number of pyridine rings is 1. The Balaban J connectivity index is 0.000000473. The van der Waals surface area contributed by atoms with Crippen LogP contribution < -0.4 is 16.0 Å². The number of nitrogens with two attached hydrogens (primary N) is 1. The first-order valence-corrected chi connectivity index (χ1v) is 51.9. The second kappa shape index (κ2) is 62.8. The molecule has 11 rings (SSSR count). The maximum Gasteiger partial charge on any atom is 0.410 e. The number of rotatable bonds is 28. The third-order valence-electron chi connectivity index (χ3n) is 26.2. The molecule has 28 nitrogen and oxygen atoms in total. The van der Waals surface area contributed by atoms with Crippen molar-refractivity contribution in [3.8, 4) is 0 Å². The van der Waals surface area contributed by atoms with E-state index >= 15 is 0 Å². The summed E-state index contributed by atoms with van der Waals surface area (Å²) < 4.78 is 189. The summed E-state index contributed by atoms with van der Waals surface area (Å²) in [6.07, 6.45) is -7.06. The number of piperidine rings is 6. The number of aliphatic hydroxyl groups is 2. The SMILES string of the molecule is CC(C)(C)OC(=O)N1CCC(C=O)(COCc2ccccc2)CC1.CC(C)(C)OC(=O)N1CCC(CO)(CCCC(F)(F)F)CC1.CCC1(CCCC(F)(F)F)CCN(C(=O)OC(C)(C)C)CC1.CCOCC.CN1CCC(N(C)C(=O)c2ccc(Nc3nc4c(N5CCC(CO)(CCCC(F)(F)F)CC5)cccn4n3)cc2)CC1.NCC(F)(F)F.[2H][IH][B].[AlH2].[C-]#[N+]C1(COCc2ccccc2)CCN(C(=O)OC(C)(C)C)CC1. The first-order chi connectivity index (χ1) is 69.0. The Bertz CT molecular complexity index is 4630. The van der Waals surface area contributed by atoms with Gasteiger partial charge >= 0.3 is 77.6 Å². The summed E-state index contributed by atoms with van der Waals surface area (Å²) in [6, 6.07) is 31.2. The number of amides is 5. The molecule has 0 saturated carbocycles. The van der Waals surface area contributed by atoms with Gasteiger partial charge in [-0.15, -0.1) is 5.10 Å². The van der Waals surface area contributed by atoms with E-state index in [1.54, 1.807) is 44.9 Å². The number of hydrogen-bond donors (Lipinski definition) is 4. The number of aldehydes is 1. The summed E-state index contributed by atoms with van der Waals surface area (Å²) in [5, 5.41) is 27.4. The van der Waals surface area contributed by atoms with E-state index in [0.717, 1.165) is 87.2 Å². The molecule has 6 saturated heterocycles. The Morgan fingerprint density at radius 1 is 0.534 bits per heavy atom. The van der Waals surface area contributed by atoms with Crippen LogP contribution >= 0.6 is 22.2 Å². The minimum atomic E-state index is -4.18. The van der Waals surface area contributed by atoms with Crippen LogP contribution in [0.25, 0.3) is 10.5 Å². The molecule has 148 heavy (non-hydrogen) atoms. The molecule has 6 fully saturated rings. The number of benzene rings is 3. The number of fused-ring (bicyclic) bond motifs is 1. The van der Waals surface area contributed by atoms with Gasteiger partial charge in [0.2, 0.25) is 5.95 Å². The van der Waals surface area contributed by atoms with Gasteiger partial charge in [-0.2, -0.15) is 57.7 Å². The second-order valence-electron chi connectivity index (χ2n) is 42.6. The van der Waals surface area contributed by atoms with Crippen LogP contribution in [0.3, 0.4) is 0 Å². The largest absolute Gasteiger partial charge is 0.444 e. The molecule has 5 N–H and O–H groups in total. The summed E-state index contributed by atoms with van der Waals surface area (Å²) >= 11 is -0.780. The van der Waals surface area contributed by atoms with Gasteiger partial charge in [-0.05, 0) is 284 Å². The Labute approximate surface area is 893 Å². The molecular weight excluding hydrogens is 2080 g/mol. The summed E-state index contributed by atoms with van der Waals surface area (Å²) in [5.74, 6) is 0.428. The Hall–Kier alpha value is -8.20. The molecule has 8 heterocycles. The molecule has 5 amide bonds. The first kappa shape index (κ1) is 132. The van der Waals surface area contributed by atoms with Crippen LogP contribution in [0.2, 0.25) is 0 Å². The molecule has 0 atom stereocenters. The van der Waals surface area contributed by atoms with Crippen LogP contribution in [-0.4, -0.2) is 312 Å². The standard InChI is InChI=1S/C30H40F3N7O2.C19H26N2O3.C19H27NO4.C16H28F3NO2.C15H26F3NO3.C4H10O.C2H4F3N.Al.BH2I.2H/c1-37-17-10-24(11-18-37)38(2)27(42)22-6-8-23(9-7-22)34-28-35-26-25(5-3-16-40(26)36-28)39-19-14-29(21-41,15-20-39)12-4-13-30(31,32)33;1-18(2,3)24-17(22)21-12-10-19(20-4,11-13-21)15-23-14-16-8-6-5-7-9-16;1-18(2,3)24-17(22)20-11-9-19(14-21,10-12-20)15-23-13-16-7-5-4-6-8-16;1-5-15(7-6-8-16(17,18)19)9-11-20(12-10-15)13(21)22-14(2,3)4;1-13(2,3)22-12(21)19-9-7-14(11-20,8-10-19)5-4-6-15(16,17)18;1-3-5-4-2;3-2(4,5)1-6;;1-2;;/h3,5-9,16,24,41H,4,10-15,17-21H2,1-2H3,(H,34,36);5-9H,10-15H2,1-3H3;4-8,14H,9-13,15H2,1-3H3;5-12H2,1-4H3;20H,4-11H2,1-3H3;3-4H2,1-2H3;1,6H2;;2H2;;/i;;;;;;;;2D;;. The predicted molar refractivity (Wildman–Crippen MR) is 565 cm³/mol. The van der Waals surface area contributed by atoms with Crippen LogP contribution in [-0.2, 0) is 51.2 Å².